The fourth-order valence-corrected chi connectivity index (χ4v) is 2.84. The summed E-state index contributed by atoms with van der Waals surface area (Å²) >= 11 is 0. The van der Waals surface area contributed by atoms with E-state index in [9.17, 15) is 0 Å². The van der Waals surface area contributed by atoms with E-state index in [2.05, 4.69) is 80.2 Å². The minimum absolute atomic E-state index is 0.421. The minimum Gasteiger partial charge on any atom is -0.102 e. The van der Waals surface area contributed by atoms with Gasteiger partial charge in [-0.25, -0.2) is 0 Å². The molecule has 1 atom stereocenters. The van der Waals surface area contributed by atoms with Crippen LogP contribution in [0.25, 0.3) is 11.1 Å². The summed E-state index contributed by atoms with van der Waals surface area (Å²) in [6.07, 6.45) is 5.40. The Hall–Kier alpha value is -2.34. The molecule has 0 N–H and O–H groups in total. The predicted octanol–water partition coefficient (Wildman–Crippen LogP) is 5.75. The predicted molar refractivity (Wildman–Crippen MR) is 91.8 cm³/mol. The van der Waals surface area contributed by atoms with Gasteiger partial charge in [-0.3, -0.25) is 0 Å². The molecule has 0 bridgehead atoms. The van der Waals surface area contributed by atoms with Crippen molar-refractivity contribution < 1.29 is 0 Å². The maximum atomic E-state index is 3.94. The maximum absolute atomic E-state index is 3.94. The lowest BCUT2D eigenvalue weighted by atomic mass is 9.94. The molecular formula is C21H20. The third-order valence-electron chi connectivity index (χ3n) is 4.18. The van der Waals surface area contributed by atoms with Crippen LogP contribution in [0.1, 0.15) is 24.5 Å². The van der Waals surface area contributed by atoms with Crippen molar-refractivity contribution in [1.82, 2.24) is 0 Å². The fourth-order valence-electron chi connectivity index (χ4n) is 2.84. The van der Waals surface area contributed by atoms with Crippen LogP contribution in [-0.2, 0) is 0 Å². The van der Waals surface area contributed by atoms with E-state index in [0.29, 0.717) is 5.92 Å². The molecule has 21 heavy (non-hydrogen) atoms. The highest BCUT2D eigenvalue weighted by Crippen LogP contribution is 2.41. The lowest BCUT2D eigenvalue weighted by molar-refractivity contribution is 0.846. The van der Waals surface area contributed by atoms with Gasteiger partial charge in [0, 0.05) is 0 Å². The third-order valence-corrected chi connectivity index (χ3v) is 4.18. The number of benzene rings is 2. The molecule has 0 heterocycles. The van der Waals surface area contributed by atoms with Crippen molar-refractivity contribution in [2.24, 2.45) is 5.92 Å². The summed E-state index contributed by atoms with van der Waals surface area (Å²) in [5.41, 5.74) is 6.83. The first-order valence-electron chi connectivity index (χ1n) is 7.46. The van der Waals surface area contributed by atoms with Crippen molar-refractivity contribution in [1.29, 1.82) is 0 Å². The molecule has 2 aromatic rings. The monoisotopic (exact) mass is 272 g/mol. The Morgan fingerprint density at radius 1 is 0.905 bits per heavy atom. The fraction of sp³-hybridized carbons (Fsp3) is 0.143. The molecule has 0 heteroatoms. The van der Waals surface area contributed by atoms with E-state index in [0.717, 1.165) is 6.42 Å². The molecule has 2 aromatic carbocycles. The van der Waals surface area contributed by atoms with Crippen molar-refractivity contribution in [3.63, 3.8) is 0 Å². The standard InChI is InChI=1S/C21H20/c1-3-16(2)19-14-20(17-10-6-4-7-11-17)21(15-19)18-12-8-5-9-13-18/h3-14,16H,1,15H2,2H3. The molecule has 0 saturated heterocycles. The first kappa shape index (κ1) is 13.6. The van der Waals surface area contributed by atoms with E-state index in [1.165, 1.54) is 27.8 Å². The zero-order valence-electron chi connectivity index (χ0n) is 12.4. The van der Waals surface area contributed by atoms with Gasteiger partial charge in [0.05, 0.1) is 0 Å². The van der Waals surface area contributed by atoms with Gasteiger partial charge in [-0.1, -0.05) is 85.3 Å². The van der Waals surface area contributed by atoms with Crippen LogP contribution in [0.3, 0.4) is 0 Å². The number of allylic oxidation sites excluding steroid dienone is 5. The van der Waals surface area contributed by atoms with Gasteiger partial charge in [0.25, 0.3) is 0 Å². The molecule has 0 nitrogen and oxygen atoms in total. The van der Waals surface area contributed by atoms with Gasteiger partial charge >= 0.3 is 0 Å². The lowest BCUT2D eigenvalue weighted by Crippen LogP contribution is -1.93. The van der Waals surface area contributed by atoms with Gasteiger partial charge in [-0.2, -0.15) is 0 Å². The number of hydrogen-bond acceptors (Lipinski definition) is 0. The summed E-state index contributed by atoms with van der Waals surface area (Å²) in [7, 11) is 0. The molecule has 3 rings (SSSR count). The molecule has 1 aliphatic rings. The Bertz CT molecular complexity index is 687. The molecule has 0 aromatic heterocycles. The Kier molecular flexibility index (Phi) is 3.87. The van der Waals surface area contributed by atoms with E-state index in [1.807, 2.05) is 6.08 Å². The van der Waals surface area contributed by atoms with Gasteiger partial charge < -0.3 is 0 Å². The summed E-state index contributed by atoms with van der Waals surface area (Å²) in [6.45, 7) is 6.16. The molecule has 0 radical (unpaired) electrons. The SMILES string of the molecule is C=CC(C)C1=CC(c2ccccc2)=C(c2ccccc2)C1. The molecule has 0 aliphatic heterocycles. The average molecular weight is 272 g/mol. The normalized spacial score (nSPS) is 15.8. The second kappa shape index (κ2) is 5.97. The lowest BCUT2D eigenvalue weighted by Gasteiger charge is -2.10. The Labute approximate surface area is 127 Å². The van der Waals surface area contributed by atoms with Gasteiger partial charge in [-0.15, -0.1) is 6.58 Å². The molecule has 1 aliphatic carbocycles. The minimum atomic E-state index is 0.421. The molecule has 0 amide bonds. The zero-order valence-corrected chi connectivity index (χ0v) is 12.4. The first-order chi connectivity index (χ1) is 10.3. The van der Waals surface area contributed by atoms with Crippen LogP contribution < -0.4 is 0 Å². The van der Waals surface area contributed by atoms with E-state index in [1.54, 1.807) is 0 Å². The highest BCUT2D eigenvalue weighted by atomic mass is 14.2. The molecule has 0 saturated carbocycles. The largest absolute Gasteiger partial charge is 0.102 e. The van der Waals surface area contributed by atoms with Crippen LogP contribution in [0.2, 0.25) is 0 Å². The second-order valence-electron chi connectivity index (χ2n) is 5.54. The van der Waals surface area contributed by atoms with Crippen LogP contribution in [0.4, 0.5) is 0 Å². The molecule has 1 unspecified atom stereocenters. The molecule has 104 valence electrons. The summed E-state index contributed by atoms with van der Waals surface area (Å²) < 4.78 is 0. The van der Waals surface area contributed by atoms with E-state index in [4.69, 9.17) is 0 Å². The summed E-state index contributed by atoms with van der Waals surface area (Å²) in [6, 6.07) is 21.4. The Morgan fingerprint density at radius 2 is 1.48 bits per heavy atom. The van der Waals surface area contributed by atoms with E-state index < -0.39 is 0 Å². The summed E-state index contributed by atoms with van der Waals surface area (Å²) in [5.74, 6) is 0.421. The maximum Gasteiger partial charge on any atom is -0.00459 e. The van der Waals surface area contributed by atoms with Gasteiger partial charge in [-0.05, 0) is 34.6 Å². The van der Waals surface area contributed by atoms with Crippen LogP contribution in [0.5, 0.6) is 0 Å². The molecule has 0 fully saturated rings. The Morgan fingerprint density at radius 3 is 2.05 bits per heavy atom. The number of rotatable bonds is 4. The Balaban J connectivity index is 2.08. The van der Waals surface area contributed by atoms with E-state index >= 15 is 0 Å². The van der Waals surface area contributed by atoms with Crippen molar-refractivity contribution in [3.8, 4) is 0 Å². The smallest absolute Gasteiger partial charge is 0.00459 e. The van der Waals surface area contributed by atoms with Crippen LogP contribution >= 0.6 is 0 Å². The van der Waals surface area contributed by atoms with Crippen LogP contribution in [0, 0.1) is 5.92 Å². The number of hydrogen-bond donors (Lipinski definition) is 0. The van der Waals surface area contributed by atoms with Crippen molar-refractivity contribution in [3.05, 3.63) is 96.1 Å². The highest BCUT2D eigenvalue weighted by molar-refractivity contribution is 5.99. The van der Waals surface area contributed by atoms with E-state index in [-0.39, 0.29) is 0 Å². The topological polar surface area (TPSA) is 0 Å². The highest BCUT2D eigenvalue weighted by Gasteiger charge is 2.20. The quantitative estimate of drug-likeness (QED) is 0.622. The zero-order chi connectivity index (χ0) is 14.7. The second-order valence-corrected chi connectivity index (χ2v) is 5.54. The summed E-state index contributed by atoms with van der Waals surface area (Å²) in [4.78, 5) is 0. The first-order valence-corrected chi connectivity index (χ1v) is 7.46. The summed E-state index contributed by atoms with van der Waals surface area (Å²) in [5, 5.41) is 0. The van der Waals surface area contributed by atoms with Gasteiger partial charge in [0.1, 0.15) is 0 Å². The van der Waals surface area contributed by atoms with Crippen molar-refractivity contribution in [2.75, 3.05) is 0 Å². The molecule has 0 spiro atoms. The van der Waals surface area contributed by atoms with Crippen molar-refractivity contribution in [2.45, 2.75) is 13.3 Å². The van der Waals surface area contributed by atoms with Gasteiger partial charge in [0.15, 0.2) is 0 Å². The van der Waals surface area contributed by atoms with Crippen LogP contribution in [-0.4, -0.2) is 0 Å². The van der Waals surface area contributed by atoms with Gasteiger partial charge in [0.2, 0.25) is 0 Å². The van der Waals surface area contributed by atoms with Crippen molar-refractivity contribution >= 4 is 11.1 Å². The third kappa shape index (κ3) is 2.75. The average Bonchev–Trinajstić information content (AvgIpc) is 3.01. The molecular weight excluding hydrogens is 252 g/mol. The van der Waals surface area contributed by atoms with Crippen LogP contribution in [0.15, 0.2) is 85.0 Å².